The Morgan fingerprint density at radius 2 is 1.07 bits per heavy atom. The van der Waals surface area contributed by atoms with Crippen LogP contribution < -0.4 is 9.80 Å². The van der Waals surface area contributed by atoms with Crippen LogP contribution in [0, 0.1) is 28.6 Å². The first-order chi connectivity index (χ1) is 29.3. The molecule has 2 N–H and O–H groups in total. The summed E-state index contributed by atoms with van der Waals surface area (Å²) in [5.41, 5.74) is 10.7. The SMILES string of the molecule is N#C/C(=C\C1=CC(=C/c2ccc(N(c3ccccc3)c3ccc(N(C4=CCC(/C=C5C=C(/C=C(\C#N)C(=O)O)CCC/5)C=C4)c4ccccc4)cc3)cc2)/CCC1)C(=O)O. The lowest BCUT2D eigenvalue weighted by Crippen LogP contribution is -2.17. The highest BCUT2D eigenvalue weighted by atomic mass is 16.4. The van der Waals surface area contributed by atoms with E-state index in [1.807, 2.05) is 48.6 Å². The summed E-state index contributed by atoms with van der Waals surface area (Å²) in [5, 5.41) is 37.1. The number of carbonyl (C=O) groups is 2. The summed E-state index contributed by atoms with van der Waals surface area (Å²) >= 11 is 0. The van der Waals surface area contributed by atoms with Gasteiger partial charge in [0, 0.05) is 34.1 Å². The van der Waals surface area contributed by atoms with E-state index in [0.717, 1.165) is 107 Å². The lowest BCUT2D eigenvalue weighted by molar-refractivity contribution is -0.133. The highest BCUT2D eigenvalue weighted by molar-refractivity contribution is 5.92. The molecule has 4 aromatic carbocycles. The van der Waals surface area contributed by atoms with E-state index in [2.05, 4.69) is 113 Å². The molecule has 296 valence electrons. The molecular formula is C52H44N4O4. The van der Waals surface area contributed by atoms with Crippen LogP contribution in [0.3, 0.4) is 0 Å². The highest BCUT2D eigenvalue weighted by Crippen LogP contribution is 2.39. The van der Waals surface area contributed by atoms with Crippen molar-refractivity contribution in [3.05, 3.63) is 203 Å². The molecule has 4 aromatic rings. The number of nitriles is 2. The molecule has 0 bridgehead atoms. The maximum atomic E-state index is 11.4. The van der Waals surface area contributed by atoms with Crippen molar-refractivity contribution in [1.82, 2.24) is 0 Å². The first-order valence-corrected chi connectivity index (χ1v) is 20.1. The predicted octanol–water partition coefficient (Wildman–Crippen LogP) is 12.4. The Balaban J connectivity index is 1.13. The minimum atomic E-state index is -1.21. The van der Waals surface area contributed by atoms with Crippen molar-refractivity contribution in [2.45, 2.75) is 44.9 Å². The molecule has 8 heteroatoms. The van der Waals surface area contributed by atoms with E-state index in [1.54, 1.807) is 12.1 Å². The van der Waals surface area contributed by atoms with E-state index in [4.69, 9.17) is 0 Å². The largest absolute Gasteiger partial charge is 0.477 e. The second kappa shape index (κ2) is 19.2. The molecule has 0 aromatic heterocycles. The van der Waals surface area contributed by atoms with Crippen LogP contribution in [0.1, 0.15) is 50.5 Å². The standard InChI is InChI=1S/C52H44N4O4/c53-35-43(51(57)58)33-41-11-7-9-39(31-41)29-37-17-21-47(22-18-37)55(45-13-3-1-4-14-45)49-25-27-50(28-26-49)56(46-15-5-2-6-16-46)48-23-19-38(20-24-48)30-40-10-8-12-42(32-40)34-44(36-54)52(59)60/h1-6,13-19,21-34,38H,7-12,20H2,(H,57,58)(H,59,60)/b39-29+,40-30+,43-33+,44-34+. The summed E-state index contributed by atoms with van der Waals surface area (Å²) in [5.74, 6) is -2.23. The van der Waals surface area contributed by atoms with Crippen LogP contribution in [0.15, 0.2) is 197 Å². The van der Waals surface area contributed by atoms with Crippen molar-refractivity contribution in [3.8, 4) is 12.1 Å². The number of anilines is 5. The Morgan fingerprint density at radius 3 is 1.57 bits per heavy atom. The molecule has 3 aliphatic rings. The molecule has 0 radical (unpaired) electrons. The molecule has 3 aliphatic carbocycles. The maximum absolute atomic E-state index is 11.4. The van der Waals surface area contributed by atoms with Gasteiger partial charge in [0.25, 0.3) is 0 Å². The van der Waals surface area contributed by atoms with Gasteiger partial charge in [-0.2, -0.15) is 10.5 Å². The van der Waals surface area contributed by atoms with Crippen LogP contribution in [-0.2, 0) is 9.59 Å². The smallest absolute Gasteiger partial charge is 0.346 e. The van der Waals surface area contributed by atoms with Crippen molar-refractivity contribution >= 4 is 46.5 Å². The Kier molecular flexibility index (Phi) is 12.9. The number of para-hydroxylation sites is 2. The van der Waals surface area contributed by atoms with Crippen molar-refractivity contribution in [3.63, 3.8) is 0 Å². The number of aliphatic carboxylic acids is 2. The van der Waals surface area contributed by atoms with Gasteiger partial charge in [-0.15, -0.1) is 0 Å². The van der Waals surface area contributed by atoms with Crippen molar-refractivity contribution in [2.75, 3.05) is 9.80 Å². The zero-order chi connectivity index (χ0) is 41.8. The first kappa shape index (κ1) is 40.5. The number of hydrogen-bond donors (Lipinski definition) is 2. The van der Waals surface area contributed by atoms with Crippen molar-refractivity contribution in [2.24, 2.45) is 5.92 Å². The Labute approximate surface area is 351 Å². The van der Waals surface area contributed by atoms with Crippen LogP contribution in [0.25, 0.3) is 6.08 Å². The average Bonchev–Trinajstić information content (AvgIpc) is 3.27. The monoisotopic (exact) mass is 788 g/mol. The Hall–Kier alpha value is -7.68. The molecule has 0 aliphatic heterocycles. The van der Waals surface area contributed by atoms with Crippen LogP contribution >= 0.6 is 0 Å². The van der Waals surface area contributed by atoms with Gasteiger partial charge in [0.2, 0.25) is 0 Å². The van der Waals surface area contributed by atoms with Gasteiger partial charge in [-0.05, 0) is 152 Å². The lowest BCUT2D eigenvalue weighted by atomic mass is 9.89. The second-order valence-electron chi connectivity index (χ2n) is 14.9. The summed E-state index contributed by atoms with van der Waals surface area (Å²) in [6.07, 6.45) is 23.9. The van der Waals surface area contributed by atoms with E-state index in [9.17, 15) is 30.3 Å². The molecule has 8 nitrogen and oxygen atoms in total. The summed E-state index contributed by atoms with van der Waals surface area (Å²) in [6, 6.07) is 41.1. The summed E-state index contributed by atoms with van der Waals surface area (Å²) < 4.78 is 0. The van der Waals surface area contributed by atoms with Gasteiger partial charge in [-0.3, -0.25) is 0 Å². The molecule has 0 heterocycles. The molecule has 60 heavy (non-hydrogen) atoms. The quantitative estimate of drug-likeness (QED) is 0.107. The molecule has 0 amide bonds. The Morgan fingerprint density at radius 1 is 0.600 bits per heavy atom. The molecule has 1 atom stereocenters. The third-order valence-electron chi connectivity index (χ3n) is 10.7. The highest BCUT2D eigenvalue weighted by Gasteiger charge is 2.20. The van der Waals surface area contributed by atoms with Gasteiger partial charge in [-0.1, -0.05) is 90.6 Å². The maximum Gasteiger partial charge on any atom is 0.346 e. The topological polar surface area (TPSA) is 129 Å². The first-order valence-electron chi connectivity index (χ1n) is 20.1. The molecular weight excluding hydrogens is 745 g/mol. The summed E-state index contributed by atoms with van der Waals surface area (Å²) in [6.45, 7) is 0. The van der Waals surface area contributed by atoms with E-state index < -0.39 is 11.9 Å². The fraction of sp³-hybridized carbons (Fsp3) is 0.154. The number of carboxylic acid groups (broad SMARTS) is 2. The minimum Gasteiger partial charge on any atom is -0.477 e. The van der Waals surface area contributed by atoms with Crippen LogP contribution in [-0.4, -0.2) is 22.2 Å². The predicted molar refractivity (Wildman–Crippen MR) is 238 cm³/mol. The van der Waals surface area contributed by atoms with Crippen LogP contribution in [0.5, 0.6) is 0 Å². The van der Waals surface area contributed by atoms with E-state index in [1.165, 1.54) is 12.2 Å². The van der Waals surface area contributed by atoms with Gasteiger partial charge in [-0.25, -0.2) is 9.59 Å². The molecule has 0 saturated heterocycles. The molecule has 1 unspecified atom stereocenters. The minimum absolute atomic E-state index is 0.190. The molecule has 7 rings (SSSR count). The van der Waals surface area contributed by atoms with E-state index in [0.29, 0.717) is 0 Å². The average molecular weight is 789 g/mol. The number of benzene rings is 4. The van der Waals surface area contributed by atoms with Gasteiger partial charge in [0.05, 0.1) is 0 Å². The number of allylic oxidation sites excluding steroid dienone is 12. The fourth-order valence-electron chi connectivity index (χ4n) is 7.81. The molecule has 0 spiro atoms. The fourth-order valence-corrected chi connectivity index (χ4v) is 7.81. The van der Waals surface area contributed by atoms with E-state index in [-0.39, 0.29) is 17.1 Å². The van der Waals surface area contributed by atoms with Crippen molar-refractivity contribution in [1.29, 1.82) is 10.5 Å². The zero-order valence-electron chi connectivity index (χ0n) is 33.1. The van der Waals surface area contributed by atoms with Gasteiger partial charge in [0.1, 0.15) is 23.3 Å². The summed E-state index contributed by atoms with van der Waals surface area (Å²) in [4.78, 5) is 27.3. The Bertz CT molecular complexity index is 2580. The lowest BCUT2D eigenvalue weighted by Gasteiger charge is -2.30. The summed E-state index contributed by atoms with van der Waals surface area (Å²) in [7, 11) is 0. The molecule has 0 fully saturated rings. The zero-order valence-corrected chi connectivity index (χ0v) is 33.1. The third kappa shape index (κ3) is 10.1. The second-order valence-corrected chi connectivity index (χ2v) is 14.9. The van der Waals surface area contributed by atoms with Gasteiger partial charge >= 0.3 is 11.9 Å². The normalized spacial score (nSPS) is 18.1. The third-order valence-corrected chi connectivity index (χ3v) is 10.7. The number of hydrogen-bond acceptors (Lipinski definition) is 6. The van der Waals surface area contributed by atoms with Gasteiger partial charge in [0.15, 0.2) is 0 Å². The molecule has 0 saturated carbocycles. The number of carboxylic acids is 2. The van der Waals surface area contributed by atoms with Crippen LogP contribution in [0.2, 0.25) is 0 Å². The van der Waals surface area contributed by atoms with Crippen LogP contribution in [0.4, 0.5) is 28.4 Å². The van der Waals surface area contributed by atoms with Gasteiger partial charge < -0.3 is 20.0 Å². The van der Waals surface area contributed by atoms with E-state index >= 15 is 0 Å². The number of nitrogens with zero attached hydrogens (tertiary/aromatic N) is 4. The van der Waals surface area contributed by atoms with Crippen molar-refractivity contribution < 1.29 is 19.8 Å². The number of rotatable bonds is 12.